The molecule has 0 spiro atoms. The zero-order valence-corrected chi connectivity index (χ0v) is 17.7. The maximum atomic E-state index is 13.3. The Balaban J connectivity index is 1.72. The van der Waals surface area contributed by atoms with E-state index < -0.39 is 29.0 Å². The second-order valence-corrected chi connectivity index (χ2v) is 7.78. The van der Waals surface area contributed by atoms with Crippen molar-refractivity contribution in [3.8, 4) is 0 Å². The number of nitrogens with zero attached hydrogens (tertiary/aromatic N) is 2. The van der Waals surface area contributed by atoms with Crippen LogP contribution in [0.3, 0.4) is 0 Å². The lowest BCUT2D eigenvalue weighted by Crippen LogP contribution is -2.50. The van der Waals surface area contributed by atoms with E-state index >= 15 is 0 Å². The summed E-state index contributed by atoms with van der Waals surface area (Å²) in [6, 6.07) is 7.01. The Morgan fingerprint density at radius 3 is 2.58 bits per heavy atom. The molecule has 1 aliphatic carbocycles. The lowest BCUT2D eigenvalue weighted by molar-refractivity contribution is -0.154. The third kappa shape index (κ3) is 4.02. The van der Waals surface area contributed by atoms with Gasteiger partial charge in [0.05, 0.1) is 22.8 Å². The Hall–Kier alpha value is -3.53. The highest BCUT2D eigenvalue weighted by atomic mass is 35.5. The van der Waals surface area contributed by atoms with Crippen molar-refractivity contribution in [3.05, 3.63) is 76.8 Å². The summed E-state index contributed by atoms with van der Waals surface area (Å²) in [5.41, 5.74) is -2.69. The highest BCUT2D eigenvalue weighted by Gasteiger charge is 2.54. The van der Waals surface area contributed by atoms with Crippen LogP contribution in [-0.4, -0.2) is 35.1 Å². The van der Waals surface area contributed by atoms with E-state index in [4.69, 9.17) is 16.3 Å². The highest BCUT2D eigenvalue weighted by Crippen LogP contribution is 2.44. The number of aromatic nitrogens is 1. The second-order valence-electron chi connectivity index (χ2n) is 7.37. The summed E-state index contributed by atoms with van der Waals surface area (Å²) in [6.45, 7) is 0.387. The number of carbonyl (C=O) groups excluding carboxylic acids is 1. The fourth-order valence-electron chi connectivity index (χ4n) is 3.76. The summed E-state index contributed by atoms with van der Waals surface area (Å²) in [6.07, 6.45) is -0.0581. The van der Waals surface area contributed by atoms with Crippen LogP contribution in [0.4, 0.5) is 24.7 Å². The topological polar surface area (TPSA) is 91.8 Å². The number of hydrogen-bond acceptors (Lipinski definition) is 5. The predicted octanol–water partition coefficient (Wildman–Crippen LogP) is 4.47. The molecule has 1 aromatic heterocycles. The number of halogens is 4. The first-order chi connectivity index (χ1) is 15.6. The molecular weight excluding hydrogens is 463 g/mol. The van der Waals surface area contributed by atoms with Gasteiger partial charge in [0.2, 0.25) is 11.3 Å². The first-order valence-electron chi connectivity index (χ1n) is 9.79. The van der Waals surface area contributed by atoms with Crippen LogP contribution in [0.25, 0.3) is 0 Å². The van der Waals surface area contributed by atoms with E-state index in [1.165, 1.54) is 12.3 Å². The quantitative estimate of drug-likeness (QED) is 0.629. The summed E-state index contributed by atoms with van der Waals surface area (Å²) >= 11 is 6.27. The number of rotatable bonds is 4. The molecule has 33 heavy (non-hydrogen) atoms. The van der Waals surface area contributed by atoms with Crippen molar-refractivity contribution in [2.24, 2.45) is 5.41 Å². The van der Waals surface area contributed by atoms with Gasteiger partial charge < -0.3 is 20.1 Å². The van der Waals surface area contributed by atoms with Crippen LogP contribution in [0.2, 0.25) is 5.02 Å². The molecule has 0 unspecified atom stereocenters. The lowest BCUT2D eigenvalue weighted by atomic mass is 9.77. The smallest absolute Gasteiger partial charge is 0.416 e. The second kappa shape index (κ2) is 8.43. The summed E-state index contributed by atoms with van der Waals surface area (Å²) in [5, 5.41) is 12.9. The lowest BCUT2D eigenvalue weighted by Gasteiger charge is -2.40. The number of carboxylic acids is 1. The number of anilines is 2. The van der Waals surface area contributed by atoms with E-state index in [1.54, 1.807) is 23.1 Å². The zero-order chi connectivity index (χ0) is 23.8. The Bertz CT molecular complexity index is 1160. The van der Waals surface area contributed by atoms with Gasteiger partial charge in [-0.2, -0.15) is 13.2 Å². The summed E-state index contributed by atoms with van der Waals surface area (Å²) in [7, 11) is 0. The number of alkyl halides is 3. The summed E-state index contributed by atoms with van der Waals surface area (Å²) in [5.74, 6) is -2.11. The minimum Gasteiger partial charge on any atom is -0.492 e. The molecule has 2 N–H and O–H groups in total. The van der Waals surface area contributed by atoms with Crippen molar-refractivity contribution >= 4 is 35.0 Å². The Labute approximate surface area is 191 Å². The minimum absolute atomic E-state index is 0.0192. The van der Waals surface area contributed by atoms with Crippen LogP contribution in [0, 0.1) is 5.41 Å². The maximum absolute atomic E-state index is 13.3. The molecule has 11 heteroatoms. The van der Waals surface area contributed by atoms with Crippen molar-refractivity contribution < 1.29 is 32.6 Å². The number of benzene rings is 1. The third-order valence-electron chi connectivity index (χ3n) is 5.39. The number of carboxylic acid groups (broad SMARTS) is 1. The largest absolute Gasteiger partial charge is 0.492 e. The van der Waals surface area contributed by atoms with Gasteiger partial charge in [-0.1, -0.05) is 17.7 Å². The third-order valence-corrected chi connectivity index (χ3v) is 5.68. The number of aliphatic carboxylic acids is 1. The number of pyridine rings is 1. The number of carbonyl (C=O) groups is 2. The molecule has 0 radical (unpaired) electrons. The molecule has 4 rings (SSSR count). The molecule has 2 aromatic rings. The van der Waals surface area contributed by atoms with Crippen molar-refractivity contribution in [1.82, 2.24) is 4.98 Å². The van der Waals surface area contributed by atoms with Crippen molar-refractivity contribution in [3.63, 3.8) is 0 Å². The van der Waals surface area contributed by atoms with Gasteiger partial charge in [0.25, 0.3) is 0 Å². The molecule has 0 saturated heterocycles. The van der Waals surface area contributed by atoms with Gasteiger partial charge in [-0.05, 0) is 48.9 Å². The van der Waals surface area contributed by atoms with Gasteiger partial charge in [-0.25, -0.2) is 4.98 Å². The summed E-state index contributed by atoms with van der Waals surface area (Å²) in [4.78, 5) is 31.6. The van der Waals surface area contributed by atoms with Crippen LogP contribution in [0.5, 0.6) is 0 Å². The van der Waals surface area contributed by atoms with E-state index in [-0.39, 0.29) is 24.5 Å². The molecule has 172 valence electrons. The van der Waals surface area contributed by atoms with Gasteiger partial charge in [-0.15, -0.1) is 0 Å². The Morgan fingerprint density at radius 2 is 1.94 bits per heavy atom. The normalized spacial score (nSPS) is 20.2. The Kier molecular flexibility index (Phi) is 5.79. The molecule has 2 aliphatic rings. The first kappa shape index (κ1) is 22.7. The van der Waals surface area contributed by atoms with Gasteiger partial charge in [-0.3, -0.25) is 9.59 Å². The van der Waals surface area contributed by atoms with E-state index in [0.717, 1.165) is 24.3 Å². The van der Waals surface area contributed by atoms with Crippen molar-refractivity contribution in [1.29, 1.82) is 0 Å². The van der Waals surface area contributed by atoms with E-state index in [0.29, 0.717) is 23.1 Å². The van der Waals surface area contributed by atoms with Crippen molar-refractivity contribution in [2.45, 2.75) is 12.6 Å². The molecule has 2 heterocycles. The number of nitrogens with one attached hydrogen (secondary N) is 1. The monoisotopic (exact) mass is 479 g/mol. The van der Waals surface area contributed by atoms with Gasteiger partial charge in [0.15, 0.2) is 5.82 Å². The SMILES string of the molecule is O=C(O)[C@]1(C(=O)Nc2ccc(C(F)(F)F)cc2)CC=CC2=C1OCCN2c1ncccc1Cl. The number of allylic oxidation sites excluding steroid dienone is 2. The molecule has 1 atom stereocenters. The number of hydrogen-bond donors (Lipinski definition) is 2. The average Bonchev–Trinajstić information content (AvgIpc) is 2.78. The van der Waals surface area contributed by atoms with Gasteiger partial charge in [0, 0.05) is 11.9 Å². The standard InChI is InChI=1S/C22H17ClF3N3O4/c23-15-3-2-10-27-18(15)29-11-12-33-17-16(29)4-1-9-21(17,20(31)32)19(30)28-14-7-5-13(6-8-14)22(24,25)26/h1-8,10H,9,11-12H2,(H,28,30)(H,31,32)/t21-/m1/s1. The van der Waals surface area contributed by atoms with Crippen LogP contribution < -0.4 is 10.2 Å². The molecule has 0 bridgehead atoms. The van der Waals surface area contributed by atoms with Crippen LogP contribution in [-0.2, 0) is 20.5 Å². The molecule has 1 aliphatic heterocycles. The minimum atomic E-state index is -4.54. The van der Waals surface area contributed by atoms with Gasteiger partial charge in [0.1, 0.15) is 12.4 Å². The van der Waals surface area contributed by atoms with Crippen LogP contribution in [0.15, 0.2) is 66.2 Å². The van der Waals surface area contributed by atoms with E-state index in [2.05, 4.69) is 10.3 Å². The molecule has 0 saturated carbocycles. The van der Waals surface area contributed by atoms with Gasteiger partial charge >= 0.3 is 12.1 Å². The van der Waals surface area contributed by atoms with Crippen LogP contribution >= 0.6 is 11.6 Å². The zero-order valence-electron chi connectivity index (χ0n) is 16.9. The van der Waals surface area contributed by atoms with E-state index in [9.17, 15) is 27.9 Å². The fraction of sp³-hybridized carbons (Fsp3) is 0.227. The summed E-state index contributed by atoms with van der Waals surface area (Å²) < 4.78 is 44.1. The van der Waals surface area contributed by atoms with Crippen LogP contribution in [0.1, 0.15) is 12.0 Å². The molecule has 0 fully saturated rings. The molecule has 1 amide bonds. The van der Waals surface area contributed by atoms with Crippen molar-refractivity contribution in [2.75, 3.05) is 23.4 Å². The Morgan fingerprint density at radius 1 is 1.21 bits per heavy atom. The first-order valence-corrected chi connectivity index (χ1v) is 10.2. The molecular formula is C22H17ClF3N3O4. The predicted molar refractivity (Wildman–Crippen MR) is 113 cm³/mol. The number of ether oxygens (including phenoxy) is 1. The maximum Gasteiger partial charge on any atom is 0.416 e. The fourth-order valence-corrected chi connectivity index (χ4v) is 3.98. The highest BCUT2D eigenvalue weighted by molar-refractivity contribution is 6.33. The molecule has 1 aromatic carbocycles. The molecule has 7 nitrogen and oxygen atoms in total. The number of amides is 1. The average molecular weight is 480 g/mol. The van der Waals surface area contributed by atoms with E-state index in [1.807, 2.05) is 0 Å².